The molecule has 10 rings (SSSR count). The molecule has 0 spiro atoms. The fraction of sp³-hybridized carbons (Fsp3) is 0. The van der Waals surface area contributed by atoms with Gasteiger partial charge in [-0.05, 0) is 111 Å². The number of benzene rings is 10. The maximum atomic E-state index is 2.36. The average Bonchev–Trinajstić information content (AvgIpc) is 3.26. The van der Waals surface area contributed by atoms with E-state index >= 15 is 0 Å². The molecule has 0 aliphatic carbocycles. The molecule has 0 amide bonds. The second-order valence-electron chi connectivity index (χ2n) is 14.0. The number of fused-ring (bicyclic) bond motifs is 3. The molecule has 0 saturated carbocycles. The maximum Gasteiger partial charge on any atom is -0.00264 e. The van der Waals surface area contributed by atoms with Gasteiger partial charge in [0, 0.05) is 0 Å². The van der Waals surface area contributed by atoms with Crippen molar-refractivity contribution in [2.24, 2.45) is 0 Å². The van der Waals surface area contributed by atoms with Crippen LogP contribution in [0.25, 0.3) is 99.1 Å². The molecule has 0 heteroatoms. The van der Waals surface area contributed by atoms with Crippen LogP contribution in [-0.2, 0) is 0 Å². The van der Waals surface area contributed by atoms with E-state index in [1.54, 1.807) is 0 Å². The molecule has 10 aromatic carbocycles. The minimum Gasteiger partial charge on any atom is -0.0622 e. The van der Waals surface area contributed by atoms with Crippen LogP contribution in [0.4, 0.5) is 0 Å². The molecular weight excluding hydrogens is 649 g/mol. The molecule has 0 N–H and O–H groups in total. The van der Waals surface area contributed by atoms with Crippen molar-refractivity contribution in [3.8, 4) is 66.8 Å². The van der Waals surface area contributed by atoms with Crippen LogP contribution in [0.5, 0.6) is 0 Å². The third-order valence-electron chi connectivity index (χ3n) is 10.9. The highest BCUT2D eigenvalue weighted by molar-refractivity contribution is 6.14. The van der Waals surface area contributed by atoms with Crippen molar-refractivity contribution in [2.45, 2.75) is 0 Å². The van der Waals surface area contributed by atoms with Crippen LogP contribution in [0.2, 0.25) is 0 Å². The van der Waals surface area contributed by atoms with Crippen LogP contribution in [0.3, 0.4) is 0 Å². The zero-order valence-corrected chi connectivity index (χ0v) is 29.8. The Kier molecular flexibility index (Phi) is 7.93. The average molecular weight is 685 g/mol. The summed E-state index contributed by atoms with van der Waals surface area (Å²) in [6.45, 7) is 0. The second-order valence-corrected chi connectivity index (χ2v) is 14.0. The van der Waals surface area contributed by atoms with Crippen molar-refractivity contribution < 1.29 is 0 Å². The van der Waals surface area contributed by atoms with E-state index in [2.05, 4.69) is 218 Å². The Hall–Kier alpha value is -7.02. The SMILES string of the molecule is c1ccc(-c2c(-c3ccccc3-c3ccc4ccccc4c3)ccc3c(-c4ccccc4)c(-c4ccccc4-c4ccc5ccccc5c4)ccc23)cc1. The molecule has 252 valence electrons. The number of rotatable bonds is 6. The molecule has 0 radical (unpaired) electrons. The lowest BCUT2D eigenvalue weighted by Gasteiger charge is -2.21. The molecule has 0 aliphatic rings. The first-order valence-corrected chi connectivity index (χ1v) is 18.7. The van der Waals surface area contributed by atoms with Gasteiger partial charge in [-0.3, -0.25) is 0 Å². The van der Waals surface area contributed by atoms with Crippen molar-refractivity contribution in [3.05, 3.63) is 218 Å². The molecule has 0 atom stereocenters. The van der Waals surface area contributed by atoms with Gasteiger partial charge in [-0.25, -0.2) is 0 Å². The standard InChI is InChI=1S/C54H36/c1-3-17-39(18-4-1)53-49(47-25-13-11-23-45(47)43-29-27-37-15-7-9-21-41(37)35-43)31-34-52-51(53)33-32-50(54(52)40-19-5-2-6-20-40)48-26-14-12-24-46(48)44-30-28-38-16-8-10-22-42(38)36-44/h1-36H. The van der Waals surface area contributed by atoms with Gasteiger partial charge in [0.25, 0.3) is 0 Å². The van der Waals surface area contributed by atoms with Gasteiger partial charge in [0.2, 0.25) is 0 Å². The van der Waals surface area contributed by atoms with Crippen molar-refractivity contribution in [1.29, 1.82) is 0 Å². The minimum atomic E-state index is 1.20. The molecule has 0 unspecified atom stereocenters. The van der Waals surface area contributed by atoms with E-state index in [-0.39, 0.29) is 0 Å². The predicted octanol–water partition coefficient (Wildman–Crippen LogP) is 15.1. The highest BCUT2D eigenvalue weighted by atomic mass is 14.2. The van der Waals surface area contributed by atoms with Gasteiger partial charge >= 0.3 is 0 Å². The van der Waals surface area contributed by atoms with Crippen LogP contribution in [0.1, 0.15) is 0 Å². The van der Waals surface area contributed by atoms with Crippen LogP contribution in [-0.4, -0.2) is 0 Å². The third-order valence-corrected chi connectivity index (χ3v) is 10.9. The summed E-state index contributed by atoms with van der Waals surface area (Å²) in [5.74, 6) is 0. The van der Waals surface area contributed by atoms with Gasteiger partial charge in [-0.15, -0.1) is 0 Å². The van der Waals surface area contributed by atoms with E-state index in [4.69, 9.17) is 0 Å². The van der Waals surface area contributed by atoms with Gasteiger partial charge in [0.15, 0.2) is 0 Å². The van der Waals surface area contributed by atoms with E-state index in [0.29, 0.717) is 0 Å². The predicted molar refractivity (Wildman–Crippen MR) is 232 cm³/mol. The number of hydrogen-bond acceptors (Lipinski definition) is 0. The quantitative estimate of drug-likeness (QED) is 0.164. The summed E-state index contributed by atoms with van der Waals surface area (Å²) in [4.78, 5) is 0. The van der Waals surface area contributed by atoms with Crippen molar-refractivity contribution in [2.75, 3.05) is 0 Å². The molecule has 0 aromatic heterocycles. The highest BCUT2D eigenvalue weighted by Crippen LogP contribution is 2.48. The second kappa shape index (κ2) is 13.5. The summed E-state index contributed by atoms with van der Waals surface area (Å²) in [6.07, 6.45) is 0. The lowest BCUT2D eigenvalue weighted by molar-refractivity contribution is 1.57. The monoisotopic (exact) mass is 684 g/mol. The van der Waals surface area contributed by atoms with Crippen molar-refractivity contribution >= 4 is 32.3 Å². The molecule has 0 aliphatic heterocycles. The summed E-state index contributed by atoms with van der Waals surface area (Å²) >= 11 is 0. The van der Waals surface area contributed by atoms with Gasteiger partial charge in [-0.1, -0.05) is 206 Å². The Morgan fingerprint density at radius 1 is 0.185 bits per heavy atom. The zero-order chi connectivity index (χ0) is 35.8. The zero-order valence-electron chi connectivity index (χ0n) is 29.8. The molecular formula is C54H36. The van der Waals surface area contributed by atoms with Crippen LogP contribution >= 0.6 is 0 Å². The molecule has 0 heterocycles. The Bertz CT molecular complexity index is 2770. The molecule has 0 bridgehead atoms. The summed E-state index contributed by atoms with van der Waals surface area (Å²) in [5, 5.41) is 7.46. The minimum absolute atomic E-state index is 1.20. The van der Waals surface area contributed by atoms with Gasteiger partial charge in [-0.2, -0.15) is 0 Å². The fourth-order valence-electron chi connectivity index (χ4n) is 8.34. The highest BCUT2D eigenvalue weighted by Gasteiger charge is 2.21. The molecule has 54 heavy (non-hydrogen) atoms. The topological polar surface area (TPSA) is 0 Å². The molecule has 0 fully saturated rings. The fourth-order valence-corrected chi connectivity index (χ4v) is 8.34. The van der Waals surface area contributed by atoms with Crippen LogP contribution in [0, 0.1) is 0 Å². The van der Waals surface area contributed by atoms with Crippen LogP contribution in [0.15, 0.2) is 218 Å². The molecule has 10 aromatic rings. The van der Waals surface area contributed by atoms with E-state index in [9.17, 15) is 0 Å². The largest absolute Gasteiger partial charge is 0.0622 e. The third kappa shape index (κ3) is 5.57. The number of hydrogen-bond donors (Lipinski definition) is 0. The molecule has 0 saturated heterocycles. The Labute approximate surface area is 316 Å². The lowest BCUT2D eigenvalue weighted by Crippen LogP contribution is -1.95. The summed E-state index contributed by atoms with van der Waals surface area (Å²) < 4.78 is 0. The maximum absolute atomic E-state index is 2.36. The van der Waals surface area contributed by atoms with Gasteiger partial charge in [0.1, 0.15) is 0 Å². The lowest BCUT2D eigenvalue weighted by atomic mass is 9.82. The van der Waals surface area contributed by atoms with E-state index in [1.807, 2.05) is 0 Å². The Morgan fingerprint density at radius 3 is 0.963 bits per heavy atom. The van der Waals surface area contributed by atoms with Crippen LogP contribution < -0.4 is 0 Å². The normalized spacial score (nSPS) is 11.3. The van der Waals surface area contributed by atoms with E-state index < -0.39 is 0 Å². The summed E-state index contributed by atoms with van der Waals surface area (Å²) in [7, 11) is 0. The molecule has 0 nitrogen and oxygen atoms in total. The first-order chi connectivity index (χ1) is 26.8. The van der Waals surface area contributed by atoms with Gasteiger partial charge < -0.3 is 0 Å². The smallest absolute Gasteiger partial charge is 0.00264 e. The van der Waals surface area contributed by atoms with Gasteiger partial charge in [0.05, 0.1) is 0 Å². The Balaban J connectivity index is 1.24. The van der Waals surface area contributed by atoms with E-state index in [1.165, 1.54) is 99.1 Å². The summed E-state index contributed by atoms with van der Waals surface area (Å²) in [5.41, 5.74) is 14.7. The first-order valence-electron chi connectivity index (χ1n) is 18.7. The Morgan fingerprint density at radius 2 is 0.537 bits per heavy atom. The van der Waals surface area contributed by atoms with E-state index in [0.717, 1.165) is 0 Å². The van der Waals surface area contributed by atoms with Crippen molar-refractivity contribution in [3.63, 3.8) is 0 Å². The summed E-state index contributed by atoms with van der Waals surface area (Å²) in [6, 6.07) is 79.9. The first kappa shape index (κ1) is 31.7. The van der Waals surface area contributed by atoms with Crippen molar-refractivity contribution in [1.82, 2.24) is 0 Å².